The number of hydrogen-bond acceptors (Lipinski definition) is 3. The molecule has 244 valence electrons. The fraction of sp³-hybridized carbons (Fsp3) is 0.0213. The summed E-state index contributed by atoms with van der Waals surface area (Å²) in [6, 6.07) is 60.4. The number of fused-ring (bicyclic) bond motifs is 9. The van der Waals surface area contributed by atoms with Crippen molar-refractivity contribution in [1.29, 1.82) is 0 Å². The van der Waals surface area contributed by atoms with Crippen molar-refractivity contribution in [3.8, 4) is 28.7 Å². The highest BCUT2D eigenvalue weighted by molar-refractivity contribution is 6.99. The minimum absolute atomic E-state index is 0.0952. The van der Waals surface area contributed by atoms with E-state index in [4.69, 9.17) is 9.47 Å². The van der Waals surface area contributed by atoms with Crippen molar-refractivity contribution in [3.63, 3.8) is 0 Å². The van der Waals surface area contributed by atoms with Crippen LogP contribution in [-0.4, -0.2) is 11.3 Å². The standard InChI is InChI=1S/C47H31BN2O2/c1-30-25-43-47-44(26-30)52-45-29-40(49(31-15-5-2-6-16-31)32-17-7-3-8-18-32)34-21-11-12-23-36(34)46(45)48(47)38-27-37-35-22-13-14-24-39(35)50(33-19-9-4-10-20-33)41(37)28-42(38)51-43/h2-29H,1H3. The number of nitrogens with zero attached hydrogens (tertiary/aromatic N) is 2. The second-order valence-corrected chi connectivity index (χ2v) is 13.8. The monoisotopic (exact) mass is 666 g/mol. The van der Waals surface area contributed by atoms with Crippen LogP contribution in [0.1, 0.15) is 5.56 Å². The van der Waals surface area contributed by atoms with E-state index < -0.39 is 0 Å². The Kier molecular flexibility index (Phi) is 6.23. The van der Waals surface area contributed by atoms with Crippen molar-refractivity contribution in [1.82, 2.24) is 4.57 Å². The van der Waals surface area contributed by atoms with Crippen LogP contribution in [-0.2, 0) is 0 Å². The van der Waals surface area contributed by atoms with Crippen LogP contribution in [0.15, 0.2) is 170 Å². The number of benzene rings is 8. The second-order valence-electron chi connectivity index (χ2n) is 13.8. The van der Waals surface area contributed by atoms with Gasteiger partial charge in [-0.25, -0.2) is 0 Å². The Bertz CT molecular complexity index is 2830. The summed E-state index contributed by atoms with van der Waals surface area (Å²) < 4.78 is 16.3. The molecule has 0 bridgehead atoms. The first kappa shape index (κ1) is 29.1. The molecule has 4 nitrogen and oxygen atoms in total. The third-order valence-corrected chi connectivity index (χ3v) is 10.7. The summed E-state index contributed by atoms with van der Waals surface area (Å²) in [5.74, 6) is 3.43. The molecule has 52 heavy (non-hydrogen) atoms. The van der Waals surface area contributed by atoms with E-state index in [2.05, 4.69) is 186 Å². The first-order valence-electron chi connectivity index (χ1n) is 17.8. The van der Waals surface area contributed by atoms with Gasteiger partial charge in [-0.05, 0) is 83.4 Å². The molecule has 0 unspecified atom stereocenters. The van der Waals surface area contributed by atoms with E-state index in [1.807, 2.05) is 0 Å². The maximum atomic E-state index is 7.00. The van der Waals surface area contributed by atoms with Gasteiger partial charge < -0.3 is 18.9 Å². The van der Waals surface area contributed by atoms with E-state index in [1.54, 1.807) is 0 Å². The highest BCUT2D eigenvalue weighted by atomic mass is 16.5. The van der Waals surface area contributed by atoms with Gasteiger partial charge in [-0.1, -0.05) is 103 Å². The Morgan fingerprint density at radius 1 is 0.462 bits per heavy atom. The largest absolute Gasteiger partial charge is 0.458 e. The molecule has 0 N–H and O–H groups in total. The zero-order valence-corrected chi connectivity index (χ0v) is 28.5. The van der Waals surface area contributed by atoms with Crippen LogP contribution in [0.25, 0.3) is 38.3 Å². The van der Waals surface area contributed by atoms with Crippen LogP contribution in [0.4, 0.5) is 17.1 Å². The number of aromatic nitrogens is 1. The highest BCUT2D eigenvalue weighted by Gasteiger charge is 2.42. The molecule has 0 aliphatic carbocycles. The lowest BCUT2D eigenvalue weighted by Gasteiger charge is -2.35. The Balaban J connectivity index is 1.21. The van der Waals surface area contributed by atoms with Crippen molar-refractivity contribution in [2.45, 2.75) is 6.92 Å². The number of hydrogen-bond donors (Lipinski definition) is 0. The lowest BCUT2D eigenvalue weighted by atomic mass is 9.34. The molecular formula is C47H31BN2O2. The van der Waals surface area contributed by atoms with E-state index in [0.717, 1.165) is 84.0 Å². The number of aryl methyl sites for hydroxylation is 1. The summed E-state index contributed by atoms with van der Waals surface area (Å²) in [6.45, 7) is 2.01. The average Bonchev–Trinajstić information content (AvgIpc) is 3.51. The van der Waals surface area contributed by atoms with E-state index in [0.29, 0.717) is 0 Å². The van der Waals surface area contributed by atoms with Crippen LogP contribution in [0, 0.1) is 6.92 Å². The number of para-hydroxylation sites is 4. The Morgan fingerprint density at radius 2 is 1.02 bits per heavy atom. The average molecular weight is 667 g/mol. The summed E-state index contributed by atoms with van der Waals surface area (Å²) in [6.07, 6.45) is 0. The minimum atomic E-state index is -0.0952. The number of ether oxygens (including phenoxy) is 2. The van der Waals surface area contributed by atoms with Crippen LogP contribution < -0.4 is 30.8 Å². The molecule has 8 aromatic carbocycles. The predicted octanol–water partition coefficient (Wildman–Crippen LogP) is 10.4. The van der Waals surface area contributed by atoms with Crippen LogP contribution in [0.5, 0.6) is 23.0 Å². The lowest BCUT2D eigenvalue weighted by Crippen LogP contribution is -2.57. The zero-order valence-electron chi connectivity index (χ0n) is 28.5. The molecular weight excluding hydrogens is 635 g/mol. The van der Waals surface area contributed by atoms with E-state index in [9.17, 15) is 0 Å². The third-order valence-electron chi connectivity index (χ3n) is 10.7. The molecule has 0 saturated heterocycles. The van der Waals surface area contributed by atoms with Gasteiger partial charge in [-0.15, -0.1) is 0 Å². The van der Waals surface area contributed by atoms with Crippen LogP contribution in [0.3, 0.4) is 0 Å². The fourth-order valence-corrected chi connectivity index (χ4v) is 8.56. The van der Waals surface area contributed by atoms with Gasteiger partial charge in [0.1, 0.15) is 23.0 Å². The Labute approximate surface area is 301 Å². The normalized spacial score (nSPS) is 12.6. The quantitative estimate of drug-likeness (QED) is 0.175. The third kappa shape index (κ3) is 4.23. The molecule has 3 heterocycles. The molecule has 11 rings (SSSR count). The van der Waals surface area contributed by atoms with Gasteiger partial charge in [0.05, 0.1) is 16.7 Å². The van der Waals surface area contributed by atoms with Crippen molar-refractivity contribution in [2.75, 3.05) is 4.90 Å². The van der Waals surface area contributed by atoms with Gasteiger partial charge in [-0.3, -0.25) is 0 Å². The molecule has 2 aliphatic heterocycles. The maximum absolute atomic E-state index is 7.00. The fourth-order valence-electron chi connectivity index (χ4n) is 8.56. The van der Waals surface area contributed by atoms with Crippen molar-refractivity contribution in [3.05, 3.63) is 175 Å². The van der Waals surface area contributed by atoms with E-state index in [1.165, 1.54) is 16.3 Å². The molecule has 0 saturated carbocycles. The van der Waals surface area contributed by atoms with Gasteiger partial charge in [0.15, 0.2) is 0 Å². The first-order valence-corrected chi connectivity index (χ1v) is 17.8. The maximum Gasteiger partial charge on any atom is 0.261 e. The topological polar surface area (TPSA) is 26.6 Å². The van der Waals surface area contributed by atoms with Crippen LogP contribution in [0.2, 0.25) is 0 Å². The van der Waals surface area contributed by atoms with Crippen molar-refractivity contribution in [2.24, 2.45) is 0 Å². The van der Waals surface area contributed by atoms with E-state index in [-0.39, 0.29) is 6.71 Å². The van der Waals surface area contributed by atoms with Gasteiger partial charge >= 0.3 is 0 Å². The Morgan fingerprint density at radius 3 is 1.71 bits per heavy atom. The van der Waals surface area contributed by atoms with Gasteiger partial charge in [-0.2, -0.15) is 0 Å². The van der Waals surface area contributed by atoms with Crippen molar-refractivity contribution < 1.29 is 9.47 Å². The summed E-state index contributed by atoms with van der Waals surface area (Å²) in [5.41, 5.74) is 11.1. The molecule has 5 heteroatoms. The van der Waals surface area contributed by atoms with Crippen molar-refractivity contribution >= 4 is 72.7 Å². The molecule has 0 radical (unpaired) electrons. The second kappa shape index (κ2) is 11.1. The minimum Gasteiger partial charge on any atom is -0.458 e. The molecule has 0 atom stereocenters. The lowest BCUT2D eigenvalue weighted by molar-refractivity contribution is 0.464. The zero-order chi connectivity index (χ0) is 34.3. The Hall–Kier alpha value is -6.72. The summed E-state index contributed by atoms with van der Waals surface area (Å²) >= 11 is 0. The molecule has 0 amide bonds. The summed E-state index contributed by atoms with van der Waals surface area (Å²) in [5, 5.41) is 4.73. The number of anilines is 3. The SMILES string of the molecule is Cc1cc2c3c(c1)Oc1cc(N(c4ccccc4)c4ccccc4)c4ccccc4c1B3c1cc3c4ccccc4n(-c4ccccc4)c3cc1O2. The van der Waals surface area contributed by atoms with Gasteiger partial charge in [0.25, 0.3) is 6.71 Å². The molecule has 0 spiro atoms. The first-order chi connectivity index (χ1) is 25.7. The smallest absolute Gasteiger partial charge is 0.261 e. The molecule has 9 aromatic rings. The summed E-state index contributed by atoms with van der Waals surface area (Å²) in [4.78, 5) is 2.34. The van der Waals surface area contributed by atoms with Gasteiger partial charge in [0.2, 0.25) is 0 Å². The van der Waals surface area contributed by atoms with E-state index >= 15 is 0 Å². The number of rotatable bonds is 4. The molecule has 1 aromatic heterocycles. The van der Waals surface area contributed by atoms with Crippen LogP contribution >= 0.6 is 0 Å². The van der Waals surface area contributed by atoms with Gasteiger partial charge in [0, 0.05) is 50.8 Å². The molecule has 0 fully saturated rings. The highest BCUT2D eigenvalue weighted by Crippen LogP contribution is 2.45. The predicted molar refractivity (Wildman–Crippen MR) is 215 cm³/mol. The summed E-state index contributed by atoms with van der Waals surface area (Å²) in [7, 11) is 0. The molecule has 2 aliphatic rings.